The summed E-state index contributed by atoms with van der Waals surface area (Å²) >= 11 is 0. The Morgan fingerprint density at radius 3 is 1.62 bits per heavy atom. The second-order valence-corrected chi connectivity index (χ2v) is 14.7. The van der Waals surface area contributed by atoms with Crippen LogP contribution >= 0.6 is 0 Å². The Balaban J connectivity index is 1.26. The number of aromatic amines is 2. The van der Waals surface area contributed by atoms with Crippen LogP contribution in [-0.4, -0.2) is 94.1 Å². The van der Waals surface area contributed by atoms with Crippen molar-refractivity contribution < 1.29 is 28.7 Å². The zero-order valence-corrected chi connectivity index (χ0v) is 33.6. The molecular formula is C42H52N8O6. The molecule has 0 aliphatic heterocycles. The molecule has 296 valence electrons. The minimum absolute atomic E-state index is 0.130. The molecule has 0 fully saturated rings. The minimum Gasteiger partial charge on any atom is -0.453 e. The van der Waals surface area contributed by atoms with E-state index in [0.29, 0.717) is 11.6 Å². The molecule has 2 heterocycles. The first-order chi connectivity index (χ1) is 26.6. The summed E-state index contributed by atoms with van der Waals surface area (Å²) in [6.45, 7) is 11.3. The van der Waals surface area contributed by atoms with E-state index in [2.05, 4.69) is 73.0 Å². The van der Waals surface area contributed by atoms with E-state index in [1.54, 1.807) is 36.3 Å². The van der Waals surface area contributed by atoms with Gasteiger partial charge in [0.2, 0.25) is 11.8 Å². The van der Waals surface area contributed by atoms with Crippen LogP contribution in [0.25, 0.3) is 44.5 Å². The quantitative estimate of drug-likeness (QED) is 0.0984. The van der Waals surface area contributed by atoms with Crippen molar-refractivity contribution in [2.45, 2.75) is 65.7 Å². The van der Waals surface area contributed by atoms with E-state index >= 15 is 0 Å². The number of fused-ring (bicyclic) bond motifs is 1. The van der Waals surface area contributed by atoms with Crippen LogP contribution in [0.1, 0.15) is 65.1 Å². The van der Waals surface area contributed by atoms with Crippen molar-refractivity contribution in [1.29, 1.82) is 0 Å². The summed E-state index contributed by atoms with van der Waals surface area (Å²) in [6.07, 6.45) is 2.19. The van der Waals surface area contributed by atoms with Gasteiger partial charge in [-0.25, -0.2) is 19.6 Å². The molecule has 0 bridgehead atoms. The van der Waals surface area contributed by atoms with Crippen LogP contribution in [0.4, 0.5) is 9.59 Å². The lowest BCUT2D eigenvalue weighted by Gasteiger charge is -2.30. The minimum atomic E-state index is -0.735. The normalized spacial score (nSPS) is 13.5. The van der Waals surface area contributed by atoms with E-state index in [4.69, 9.17) is 9.47 Å². The highest BCUT2D eigenvalue weighted by Crippen LogP contribution is 2.31. The summed E-state index contributed by atoms with van der Waals surface area (Å²) < 4.78 is 9.42. The Labute approximate surface area is 327 Å². The summed E-state index contributed by atoms with van der Waals surface area (Å²) in [4.78, 5) is 69.4. The lowest BCUT2D eigenvalue weighted by atomic mass is 9.98. The molecule has 3 aromatic carbocycles. The third kappa shape index (κ3) is 9.02. The summed E-state index contributed by atoms with van der Waals surface area (Å²) in [5.74, 6) is 0.582. The molecule has 0 unspecified atom stereocenters. The Morgan fingerprint density at radius 1 is 0.607 bits per heavy atom. The van der Waals surface area contributed by atoms with Crippen molar-refractivity contribution in [2.75, 3.05) is 28.3 Å². The number of alkyl carbamates (subject to hydrolysis) is 2. The molecule has 4 N–H and O–H groups in total. The first-order valence-electron chi connectivity index (χ1n) is 18.6. The number of carbonyl (C=O) groups excluding carboxylic acids is 4. The number of likely N-dealkylation sites (N-methyl/N-ethyl adjacent to an activating group) is 2. The molecule has 0 saturated heterocycles. The fraction of sp³-hybridized carbons (Fsp3) is 0.381. The standard InChI is InChI=1S/C42H52N8O6/c1-23(2)35(47-41(53)55-9)39(51)49(7)25(5)33-21-44-38(45-33)28-13-11-27(12-14-28)29-15-16-31-20-32(18-17-30(31)19-29)34-22-43-37(46-34)26(6)50(8)40(52)36(24(3)4)48-42(54)56-10/h11-26,35-36H,1-10H3,(H,43,46)(H,44,45)(H,47,53)(H,48,54)/t25-,26-,35-,36-/m0/s1. The number of nitrogens with one attached hydrogen (secondary N) is 4. The number of amides is 4. The zero-order chi connectivity index (χ0) is 40.8. The molecule has 2 aromatic heterocycles. The molecule has 0 aliphatic rings. The van der Waals surface area contributed by atoms with Gasteiger partial charge in [-0.2, -0.15) is 0 Å². The Bertz CT molecular complexity index is 2170. The fourth-order valence-corrected chi connectivity index (χ4v) is 6.41. The number of methoxy groups -OCH3 is 2. The average Bonchev–Trinajstić information content (AvgIpc) is 3.91. The van der Waals surface area contributed by atoms with Gasteiger partial charge in [-0.05, 0) is 59.7 Å². The lowest BCUT2D eigenvalue weighted by molar-refractivity contribution is -0.135. The highest BCUT2D eigenvalue weighted by Gasteiger charge is 2.32. The van der Waals surface area contributed by atoms with Gasteiger partial charge in [0, 0.05) is 25.2 Å². The fourth-order valence-electron chi connectivity index (χ4n) is 6.41. The molecule has 14 heteroatoms. The maximum atomic E-state index is 13.3. The number of benzene rings is 3. The molecule has 0 saturated carbocycles. The maximum absolute atomic E-state index is 13.3. The predicted molar refractivity (Wildman–Crippen MR) is 215 cm³/mol. The zero-order valence-electron chi connectivity index (χ0n) is 33.6. The first-order valence-corrected chi connectivity index (χ1v) is 18.6. The number of hydrogen-bond acceptors (Lipinski definition) is 8. The van der Waals surface area contributed by atoms with Gasteiger partial charge in [0.1, 0.15) is 23.7 Å². The summed E-state index contributed by atoms with van der Waals surface area (Å²) in [5.41, 5.74) is 5.57. The van der Waals surface area contributed by atoms with Gasteiger partial charge in [-0.1, -0.05) is 76.2 Å². The van der Waals surface area contributed by atoms with Gasteiger partial charge in [0.15, 0.2) is 0 Å². The summed E-state index contributed by atoms with van der Waals surface area (Å²) in [5, 5.41) is 7.42. The summed E-state index contributed by atoms with van der Waals surface area (Å²) in [7, 11) is 5.94. The van der Waals surface area contributed by atoms with Crippen molar-refractivity contribution in [1.82, 2.24) is 40.4 Å². The Morgan fingerprint density at radius 2 is 1.09 bits per heavy atom. The molecule has 5 aromatic rings. The van der Waals surface area contributed by atoms with Gasteiger partial charge in [-0.3, -0.25) is 9.59 Å². The van der Waals surface area contributed by atoms with Crippen LogP contribution in [-0.2, 0) is 19.1 Å². The molecule has 4 amide bonds. The second-order valence-electron chi connectivity index (χ2n) is 14.7. The number of hydrogen-bond donors (Lipinski definition) is 4. The molecule has 0 aliphatic carbocycles. The lowest BCUT2D eigenvalue weighted by Crippen LogP contribution is -2.50. The first kappa shape index (κ1) is 41.0. The van der Waals surface area contributed by atoms with E-state index in [1.165, 1.54) is 14.2 Å². The number of imidazole rings is 2. The van der Waals surface area contributed by atoms with E-state index in [9.17, 15) is 19.2 Å². The number of nitrogens with zero attached hydrogens (tertiary/aromatic N) is 4. The van der Waals surface area contributed by atoms with Gasteiger partial charge in [-0.15, -0.1) is 0 Å². The predicted octanol–water partition coefficient (Wildman–Crippen LogP) is 7.09. The smallest absolute Gasteiger partial charge is 0.407 e. The average molecular weight is 765 g/mol. The SMILES string of the molecule is COC(=O)N[C@H](C(=O)N(C)[C@@H](C)c1cnc(-c2ccc(-c3ccc4cc(-c5cnc([C@H](C)N(C)C(=O)[C@@H](NC(=O)OC)C(C)C)[nH]5)ccc4c3)cc2)[nH]1)C(C)C. The molecular weight excluding hydrogens is 713 g/mol. The molecule has 14 nitrogen and oxygen atoms in total. The van der Waals surface area contributed by atoms with Gasteiger partial charge in [0.05, 0.1) is 50.1 Å². The second kappa shape index (κ2) is 17.5. The van der Waals surface area contributed by atoms with Crippen molar-refractivity contribution in [3.63, 3.8) is 0 Å². The van der Waals surface area contributed by atoms with Crippen LogP contribution in [0.5, 0.6) is 0 Å². The van der Waals surface area contributed by atoms with E-state index < -0.39 is 24.3 Å². The highest BCUT2D eigenvalue weighted by atomic mass is 16.5. The molecule has 56 heavy (non-hydrogen) atoms. The number of rotatable bonds is 13. The third-order valence-corrected chi connectivity index (χ3v) is 10.3. The van der Waals surface area contributed by atoms with Crippen LogP contribution in [0, 0.1) is 11.8 Å². The largest absolute Gasteiger partial charge is 0.453 e. The highest BCUT2D eigenvalue weighted by molar-refractivity contribution is 5.91. The van der Waals surface area contributed by atoms with Gasteiger partial charge >= 0.3 is 12.2 Å². The van der Waals surface area contributed by atoms with Gasteiger partial charge in [0.25, 0.3) is 0 Å². The van der Waals surface area contributed by atoms with E-state index in [1.807, 2.05) is 59.7 Å². The molecule has 0 spiro atoms. The van der Waals surface area contributed by atoms with E-state index in [-0.39, 0.29) is 35.7 Å². The Kier molecular flexibility index (Phi) is 12.8. The molecule has 5 rings (SSSR count). The number of aromatic nitrogens is 4. The van der Waals surface area contributed by atoms with Crippen molar-refractivity contribution in [3.05, 3.63) is 84.6 Å². The van der Waals surface area contributed by atoms with Crippen LogP contribution in [0.3, 0.4) is 0 Å². The number of H-pyrrole nitrogens is 2. The van der Waals surface area contributed by atoms with Gasteiger partial charge < -0.3 is 39.9 Å². The van der Waals surface area contributed by atoms with Crippen LogP contribution in [0.2, 0.25) is 0 Å². The van der Waals surface area contributed by atoms with Crippen LogP contribution < -0.4 is 10.6 Å². The van der Waals surface area contributed by atoms with Crippen molar-refractivity contribution in [3.8, 4) is 33.8 Å². The van der Waals surface area contributed by atoms with Crippen molar-refractivity contribution >= 4 is 34.8 Å². The summed E-state index contributed by atoms with van der Waals surface area (Å²) in [6, 6.07) is 18.6. The van der Waals surface area contributed by atoms with Crippen molar-refractivity contribution in [2.24, 2.45) is 11.8 Å². The Hall–Kier alpha value is -6.18. The third-order valence-electron chi connectivity index (χ3n) is 10.3. The van der Waals surface area contributed by atoms with E-state index in [0.717, 1.165) is 44.4 Å². The monoisotopic (exact) mass is 764 g/mol. The number of carbonyl (C=O) groups is 4. The number of ether oxygens (including phenoxy) is 2. The van der Waals surface area contributed by atoms with Crippen LogP contribution in [0.15, 0.2) is 73.1 Å². The maximum Gasteiger partial charge on any atom is 0.407 e. The molecule has 4 atom stereocenters. The molecule has 0 radical (unpaired) electrons. The topological polar surface area (TPSA) is 175 Å².